The van der Waals surface area contributed by atoms with Crippen molar-refractivity contribution in [2.24, 2.45) is 0 Å². The summed E-state index contributed by atoms with van der Waals surface area (Å²) in [5, 5.41) is 2.87. The van der Waals surface area contributed by atoms with Gasteiger partial charge in [-0.25, -0.2) is 0 Å². The molecule has 1 fully saturated rings. The minimum atomic E-state index is -0.0831. The second-order valence-electron chi connectivity index (χ2n) is 4.57. The molecule has 0 aliphatic carbocycles. The number of nitrogens with one attached hydrogen (secondary N) is 1. The number of hydrogen-bond acceptors (Lipinski definition) is 2. The summed E-state index contributed by atoms with van der Waals surface area (Å²) in [7, 11) is 0. The number of halogens is 1. The summed E-state index contributed by atoms with van der Waals surface area (Å²) in [5.41, 5.74) is 0.639. The highest BCUT2D eigenvalue weighted by atomic mass is 79.9. The number of likely N-dealkylation sites (tertiary alicyclic amines) is 1. The normalized spacial score (nSPS) is 14.8. The second kappa shape index (κ2) is 6.70. The van der Waals surface area contributed by atoms with Crippen molar-refractivity contribution in [2.75, 3.05) is 19.6 Å². The Kier molecular flexibility index (Phi) is 4.96. The summed E-state index contributed by atoms with van der Waals surface area (Å²) in [4.78, 5) is 25.2. The van der Waals surface area contributed by atoms with Crippen LogP contribution in [0.25, 0.3) is 0 Å². The van der Waals surface area contributed by atoms with Crippen LogP contribution in [-0.2, 0) is 4.79 Å². The lowest BCUT2D eigenvalue weighted by molar-refractivity contribution is -0.127. The van der Waals surface area contributed by atoms with Crippen molar-refractivity contribution in [3.8, 4) is 0 Å². The quantitative estimate of drug-likeness (QED) is 0.844. The second-order valence-corrected chi connectivity index (χ2v) is 5.43. The lowest BCUT2D eigenvalue weighted by Gasteiger charge is -2.15. The van der Waals surface area contributed by atoms with Gasteiger partial charge in [-0.2, -0.15) is 0 Å². The van der Waals surface area contributed by atoms with Crippen LogP contribution in [0.3, 0.4) is 0 Å². The number of amides is 2. The van der Waals surface area contributed by atoms with E-state index in [1.807, 2.05) is 23.1 Å². The maximum Gasteiger partial charge on any atom is 0.252 e. The first kappa shape index (κ1) is 14.1. The van der Waals surface area contributed by atoms with E-state index in [1.165, 1.54) is 0 Å². The Labute approximate surface area is 121 Å². The van der Waals surface area contributed by atoms with E-state index in [1.54, 1.807) is 6.07 Å². The molecule has 1 aliphatic heterocycles. The molecule has 2 rings (SSSR count). The predicted octanol–water partition coefficient (Wildman–Crippen LogP) is 2.19. The van der Waals surface area contributed by atoms with Gasteiger partial charge in [-0.3, -0.25) is 9.59 Å². The molecule has 4 nitrogen and oxygen atoms in total. The van der Waals surface area contributed by atoms with Gasteiger partial charge in [0.05, 0.1) is 5.56 Å². The lowest BCUT2D eigenvalue weighted by Crippen LogP contribution is -2.30. The molecule has 5 heteroatoms. The van der Waals surface area contributed by atoms with Crippen molar-refractivity contribution in [3.63, 3.8) is 0 Å². The van der Waals surface area contributed by atoms with Gasteiger partial charge in [0.25, 0.3) is 5.91 Å². The molecule has 0 radical (unpaired) electrons. The van der Waals surface area contributed by atoms with Crippen LogP contribution < -0.4 is 5.32 Å². The fourth-order valence-electron chi connectivity index (χ4n) is 2.15. The summed E-state index contributed by atoms with van der Waals surface area (Å²) in [6.45, 7) is 2.18. The van der Waals surface area contributed by atoms with E-state index in [4.69, 9.17) is 0 Å². The van der Waals surface area contributed by atoms with Crippen LogP contribution in [0, 0.1) is 0 Å². The molecule has 1 aromatic rings. The third-order valence-corrected chi connectivity index (χ3v) is 3.87. The predicted molar refractivity (Wildman–Crippen MR) is 76.9 cm³/mol. The Bertz CT molecular complexity index is 476. The van der Waals surface area contributed by atoms with E-state index < -0.39 is 0 Å². The number of carbonyl (C=O) groups is 2. The number of hydrogen-bond donors (Lipinski definition) is 1. The van der Waals surface area contributed by atoms with Crippen molar-refractivity contribution in [2.45, 2.75) is 19.3 Å². The molecular formula is C14H17BrN2O2. The molecule has 0 bridgehead atoms. The minimum Gasteiger partial charge on any atom is -0.352 e. The SMILES string of the molecule is O=C(NCCCN1CCCC1=O)c1ccccc1Br. The van der Waals surface area contributed by atoms with Crippen molar-refractivity contribution in [3.05, 3.63) is 34.3 Å². The standard InChI is InChI=1S/C14H17BrN2O2/c15-12-6-2-1-5-11(12)14(19)16-8-4-10-17-9-3-7-13(17)18/h1-2,5-6H,3-4,7-10H2,(H,16,19). The maximum atomic E-state index is 11.9. The van der Waals surface area contributed by atoms with Gasteiger partial charge in [0.1, 0.15) is 0 Å². The van der Waals surface area contributed by atoms with E-state index in [0.29, 0.717) is 18.5 Å². The van der Waals surface area contributed by atoms with Crippen LogP contribution in [0.5, 0.6) is 0 Å². The molecule has 0 saturated carbocycles. The Morgan fingerprint density at radius 1 is 1.37 bits per heavy atom. The van der Waals surface area contributed by atoms with Gasteiger partial charge in [-0.05, 0) is 40.9 Å². The van der Waals surface area contributed by atoms with Crippen LogP contribution in [0.1, 0.15) is 29.6 Å². The lowest BCUT2D eigenvalue weighted by atomic mass is 10.2. The first-order valence-corrected chi connectivity index (χ1v) is 7.28. The maximum absolute atomic E-state index is 11.9. The highest BCUT2D eigenvalue weighted by molar-refractivity contribution is 9.10. The van der Waals surface area contributed by atoms with Crippen molar-refractivity contribution in [1.82, 2.24) is 10.2 Å². The molecular weight excluding hydrogens is 308 g/mol. The molecule has 1 N–H and O–H groups in total. The summed E-state index contributed by atoms with van der Waals surface area (Å²) in [5.74, 6) is 0.150. The van der Waals surface area contributed by atoms with E-state index in [2.05, 4.69) is 21.2 Å². The Balaban J connectivity index is 1.72. The monoisotopic (exact) mass is 324 g/mol. The highest BCUT2D eigenvalue weighted by Gasteiger charge is 2.19. The minimum absolute atomic E-state index is 0.0831. The third kappa shape index (κ3) is 3.80. The van der Waals surface area contributed by atoms with Gasteiger partial charge in [0.15, 0.2) is 0 Å². The zero-order chi connectivity index (χ0) is 13.7. The van der Waals surface area contributed by atoms with Crippen LogP contribution in [-0.4, -0.2) is 36.3 Å². The van der Waals surface area contributed by atoms with E-state index in [-0.39, 0.29) is 11.8 Å². The smallest absolute Gasteiger partial charge is 0.252 e. The van der Waals surface area contributed by atoms with Gasteiger partial charge in [-0.15, -0.1) is 0 Å². The molecule has 1 saturated heterocycles. The van der Waals surface area contributed by atoms with E-state index in [9.17, 15) is 9.59 Å². The number of rotatable bonds is 5. The molecule has 0 spiro atoms. The zero-order valence-corrected chi connectivity index (χ0v) is 12.3. The molecule has 102 valence electrons. The van der Waals surface area contributed by atoms with E-state index >= 15 is 0 Å². The van der Waals surface area contributed by atoms with Gasteiger partial charge in [-0.1, -0.05) is 12.1 Å². The summed E-state index contributed by atoms with van der Waals surface area (Å²) < 4.78 is 0.794. The largest absolute Gasteiger partial charge is 0.352 e. The van der Waals surface area contributed by atoms with Crippen molar-refractivity contribution in [1.29, 1.82) is 0 Å². The van der Waals surface area contributed by atoms with Crippen LogP contribution in [0.2, 0.25) is 0 Å². The van der Waals surface area contributed by atoms with Crippen LogP contribution >= 0.6 is 15.9 Å². The summed E-state index contributed by atoms with van der Waals surface area (Å²) in [6, 6.07) is 7.34. The average molecular weight is 325 g/mol. The highest BCUT2D eigenvalue weighted by Crippen LogP contribution is 2.15. The van der Waals surface area contributed by atoms with Gasteiger partial charge in [0.2, 0.25) is 5.91 Å². The molecule has 0 aromatic heterocycles. The van der Waals surface area contributed by atoms with Gasteiger partial charge in [0, 0.05) is 30.5 Å². The van der Waals surface area contributed by atoms with E-state index in [0.717, 1.165) is 30.4 Å². The summed E-state index contributed by atoms with van der Waals surface area (Å²) in [6.07, 6.45) is 2.42. The van der Waals surface area contributed by atoms with Crippen molar-refractivity contribution >= 4 is 27.7 Å². The molecule has 2 amide bonds. The number of nitrogens with zero attached hydrogens (tertiary/aromatic N) is 1. The fourth-order valence-corrected chi connectivity index (χ4v) is 2.62. The Morgan fingerprint density at radius 3 is 2.84 bits per heavy atom. The molecule has 0 unspecified atom stereocenters. The zero-order valence-electron chi connectivity index (χ0n) is 10.7. The van der Waals surface area contributed by atoms with Crippen LogP contribution in [0.15, 0.2) is 28.7 Å². The number of benzene rings is 1. The first-order chi connectivity index (χ1) is 9.18. The fraction of sp³-hybridized carbons (Fsp3) is 0.429. The molecule has 19 heavy (non-hydrogen) atoms. The third-order valence-electron chi connectivity index (χ3n) is 3.18. The average Bonchev–Trinajstić information content (AvgIpc) is 2.80. The van der Waals surface area contributed by atoms with Crippen LogP contribution in [0.4, 0.5) is 0 Å². The molecule has 1 heterocycles. The summed E-state index contributed by atoms with van der Waals surface area (Å²) >= 11 is 3.35. The Hall–Kier alpha value is -1.36. The van der Waals surface area contributed by atoms with Gasteiger partial charge >= 0.3 is 0 Å². The topological polar surface area (TPSA) is 49.4 Å². The van der Waals surface area contributed by atoms with Crippen molar-refractivity contribution < 1.29 is 9.59 Å². The van der Waals surface area contributed by atoms with Gasteiger partial charge < -0.3 is 10.2 Å². The number of carbonyl (C=O) groups excluding carboxylic acids is 2. The Morgan fingerprint density at radius 2 is 2.16 bits per heavy atom. The molecule has 0 atom stereocenters. The first-order valence-electron chi connectivity index (χ1n) is 6.49. The molecule has 1 aromatic carbocycles. The molecule has 1 aliphatic rings.